The number of aliphatic carboxylic acids is 1. The molecule has 2 atom stereocenters. The summed E-state index contributed by atoms with van der Waals surface area (Å²) in [5.41, 5.74) is 11.0. The smallest absolute Gasteiger partial charge is 0.326 e. The number of unbranched alkanes of at least 4 members (excludes halogenated alkanes) is 1. The molecule has 6 N–H and O–H groups in total. The Kier molecular flexibility index (Phi) is 15.4. The summed E-state index contributed by atoms with van der Waals surface area (Å²) in [7, 11) is 0. The topological polar surface area (TPSA) is 118 Å². The predicted molar refractivity (Wildman–Crippen MR) is 79.8 cm³/mol. The zero-order valence-corrected chi connectivity index (χ0v) is 12.9. The van der Waals surface area contributed by atoms with Crippen molar-refractivity contribution in [1.29, 1.82) is 0 Å². The number of carbonyl (C=O) groups is 2. The van der Waals surface area contributed by atoms with Crippen molar-refractivity contribution in [3.8, 4) is 0 Å². The first-order valence-electron chi connectivity index (χ1n) is 5.89. The van der Waals surface area contributed by atoms with E-state index in [1.807, 2.05) is 0 Å². The molecular weight excluding hydrogens is 293 g/mol. The summed E-state index contributed by atoms with van der Waals surface area (Å²) in [5.74, 6) is -1.63. The zero-order chi connectivity index (χ0) is 13.4. The van der Waals surface area contributed by atoms with Gasteiger partial charge < -0.3 is 21.9 Å². The third-order valence-electron chi connectivity index (χ3n) is 2.54. The van der Waals surface area contributed by atoms with Crippen LogP contribution in [0.3, 0.4) is 0 Å². The van der Waals surface area contributed by atoms with Gasteiger partial charge in [-0.05, 0) is 25.3 Å². The van der Waals surface area contributed by atoms with E-state index in [1.165, 1.54) is 0 Å². The molecule has 1 amide bonds. The highest BCUT2D eigenvalue weighted by molar-refractivity contribution is 5.86. The van der Waals surface area contributed by atoms with Crippen LogP contribution in [0.4, 0.5) is 0 Å². The van der Waals surface area contributed by atoms with E-state index >= 15 is 0 Å². The standard InChI is InChI=1S/C11H23N3O3.2ClH/c1-7(2)9(11(16)17)14-10(15)8(13)5-3-4-6-12;;/h7-9H,3-6,12-13H2,1-2H3,(H,14,15)(H,16,17);2*1H/t8-,9-;;/m0../s1. The Labute approximate surface area is 126 Å². The lowest BCUT2D eigenvalue weighted by Crippen LogP contribution is -2.50. The Balaban J connectivity index is -0.00000128. The average molecular weight is 318 g/mol. The number of hydrogen-bond acceptors (Lipinski definition) is 4. The summed E-state index contributed by atoms with van der Waals surface area (Å²) < 4.78 is 0. The summed E-state index contributed by atoms with van der Waals surface area (Å²) in [6, 6.07) is -1.55. The number of halogens is 2. The third-order valence-corrected chi connectivity index (χ3v) is 2.54. The molecule has 0 saturated heterocycles. The van der Waals surface area contributed by atoms with Crippen molar-refractivity contribution in [3.63, 3.8) is 0 Å². The molecule has 6 nitrogen and oxygen atoms in total. The molecule has 0 aromatic rings. The first-order chi connectivity index (χ1) is 7.90. The summed E-state index contributed by atoms with van der Waals surface area (Å²) in [4.78, 5) is 22.5. The lowest BCUT2D eigenvalue weighted by Gasteiger charge is -2.20. The Hall–Kier alpha value is -0.560. The van der Waals surface area contributed by atoms with Crippen LogP contribution in [-0.2, 0) is 9.59 Å². The molecule has 0 aromatic carbocycles. The van der Waals surface area contributed by atoms with Gasteiger partial charge in [0.05, 0.1) is 6.04 Å². The monoisotopic (exact) mass is 317 g/mol. The van der Waals surface area contributed by atoms with E-state index in [0.29, 0.717) is 13.0 Å². The fourth-order valence-corrected chi connectivity index (χ4v) is 1.41. The second-order valence-corrected chi connectivity index (χ2v) is 4.46. The number of hydrogen-bond donors (Lipinski definition) is 4. The summed E-state index contributed by atoms with van der Waals surface area (Å²) >= 11 is 0. The first kappa shape index (κ1) is 23.5. The van der Waals surface area contributed by atoms with Crippen molar-refractivity contribution in [2.45, 2.75) is 45.2 Å². The van der Waals surface area contributed by atoms with E-state index in [9.17, 15) is 9.59 Å². The summed E-state index contributed by atoms with van der Waals surface area (Å²) in [5, 5.41) is 11.4. The lowest BCUT2D eigenvalue weighted by molar-refractivity contribution is -0.143. The van der Waals surface area contributed by atoms with Gasteiger partial charge >= 0.3 is 5.97 Å². The normalized spacial score (nSPS) is 12.9. The van der Waals surface area contributed by atoms with Crippen LogP contribution in [0.2, 0.25) is 0 Å². The third kappa shape index (κ3) is 9.95. The van der Waals surface area contributed by atoms with Crippen molar-refractivity contribution in [2.24, 2.45) is 17.4 Å². The molecule has 116 valence electrons. The van der Waals surface area contributed by atoms with Gasteiger partial charge in [0.15, 0.2) is 0 Å². The molecule has 19 heavy (non-hydrogen) atoms. The summed E-state index contributed by atoms with van der Waals surface area (Å²) in [6.45, 7) is 4.04. The fraction of sp³-hybridized carbons (Fsp3) is 0.818. The lowest BCUT2D eigenvalue weighted by atomic mass is 10.0. The highest BCUT2D eigenvalue weighted by Gasteiger charge is 2.25. The largest absolute Gasteiger partial charge is 0.480 e. The van der Waals surface area contributed by atoms with Gasteiger partial charge in [0.25, 0.3) is 0 Å². The van der Waals surface area contributed by atoms with Gasteiger partial charge in [0.2, 0.25) is 5.91 Å². The minimum atomic E-state index is -1.04. The fourth-order valence-electron chi connectivity index (χ4n) is 1.41. The van der Waals surface area contributed by atoms with Crippen LogP contribution in [0, 0.1) is 5.92 Å². The molecule has 0 rings (SSSR count). The maximum Gasteiger partial charge on any atom is 0.326 e. The molecule has 0 aliphatic heterocycles. The average Bonchev–Trinajstić information content (AvgIpc) is 2.24. The van der Waals surface area contributed by atoms with E-state index in [0.717, 1.165) is 12.8 Å². The zero-order valence-electron chi connectivity index (χ0n) is 11.3. The minimum Gasteiger partial charge on any atom is -0.480 e. The van der Waals surface area contributed by atoms with Gasteiger partial charge in [-0.2, -0.15) is 0 Å². The maximum absolute atomic E-state index is 11.6. The maximum atomic E-state index is 11.6. The van der Waals surface area contributed by atoms with Crippen LogP contribution >= 0.6 is 24.8 Å². The number of nitrogens with one attached hydrogen (secondary N) is 1. The first-order valence-corrected chi connectivity index (χ1v) is 5.89. The van der Waals surface area contributed by atoms with E-state index < -0.39 is 24.0 Å². The Morgan fingerprint density at radius 3 is 2.11 bits per heavy atom. The molecule has 8 heteroatoms. The van der Waals surface area contributed by atoms with E-state index in [1.54, 1.807) is 13.8 Å². The minimum absolute atomic E-state index is 0. The molecule has 0 fully saturated rings. The van der Waals surface area contributed by atoms with Gasteiger partial charge in [-0.15, -0.1) is 24.8 Å². The van der Waals surface area contributed by atoms with Crippen LogP contribution in [0.25, 0.3) is 0 Å². The molecule has 0 heterocycles. The van der Waals surface area contributed by atoms with E-state index in [-0.39, 0.29) is 30.7 Å². The number of nitrogens with two attached hydrogens (primary N) is 2. The summed E-state index contributed by atoms with van der Waals surface area (Å²) in [6.07, 6.45) is 2.10. The Bertz CT molecular complexity index is 266. The van der Waals surface area contributed by atoms with Crippen molar-refractivity contribution in [2.75, 3.05) is 6.54 Å². The second-order valence-electron chi connectivity index (χ2n) is 4.46. The second kappa shape index (κ2) is 12.5. The van der Waals surface area contributed by atoms with E-state index in [4.69, 9.17) is 16.6 Å². The van der Waals surface area contributed by atoms with Gasteiger partial charge in [-0.1, -0.05) is 20.3 Å². The molecule has 0 aliphatic carbocycles. The van der Waals surface area contributed by atoms with Crippen molar-refractivity contribution >= 4 is 36.7 Å². The van der Waals surface area contributed by atoms with Gasteiger partial charge in [-0.25, -0.2) is 4.79 Å². The highest BCUT2D eigenvalue weighted by atomic mass is 35.5. The highest BCUT2D eigenvalue weighted by Crippen LogP contribution is 2.04. The Morgan fingerprint density at radius 1 is 1.21 bits per heavy atom. The van der Waals surface area contributed by atoms with Crippen LogP contribution in [-0.4, -0.2) is 35.6 Å². The van der Waals surface area contributed by atoms with Crippen LogP contribution < -0.4 is 16.8 Å². The number of carboxylic acid groups (broad SMARTS) is 1. The molecule has 0 bridgehead atoms. The quantitative estimate of drug-likeness (QED) is 0.486. The van der Waals surface area contributed by atoms with Gasteiger partial charge in [0.1, 0.15) is 6.04 Å². The van der Waals surface area contributed by atoms with Crippen molar-refractivity contribution in [3.05, 3.63) is 0 Å². The predicted octanol–water partition coefficient (Wildman–Crippen LogP) is 0.512. The molecule has 0 spiro atoms. The molecule has 0 aliphatic rings. The molecular formula is C11H25Cl2N3O3. The SMILES string of the molecule is CC(C)[C@H](NC(=O)[C@@H](N)CCCCN)C(=O)O.Cl.Cl. The molecule has 0 unspecified atom stereocenters. The number of amides is 1. The van der Waals surface area contributed by atoms with Gasteiger partial charge in [0, 0.05) is 0 Å². The molecule has 0 radical (unpaired) electrons. The van der Waals surface area contributed by atoms with Crippen molar-refractivity contribution in [1.82, 2.24) is 5.32 Å². The van der Waals surface area contributed by atoms with Crippen LogP contribution in [0.15, 0.2) is 0 Å². The number of carboxylic acids is 1. The van der Waals surface area contributed by atoms with E-state index in [2.05, 4.69) is 5.32 Å². The van der Waals surface area contributed by atoms with Crippen molar-refractivity contribution < 1.29 is 14.7 Å². The molecule has 0 aromatic heterocycles. The van der Waals surface area contributed by atoms with Crippen LogP contribution in [0.1, 0.15) is 33.1 Å². The van der Waals surface area contributed by atoms with Crippen LogP contribution in [0.5, 0.6) is 0 Å². The Morgan fingerprint density at radius 2 is 1.74 bits per heavy atom. The number of carbonyl (C=O) groups excluding carboxylic acids is 1. The molecule has 0 saturated carbocycles. The number of rotatable bonds is 8. The van der Waals surface area contributed by atoms with Gasteiger partial charge in [-0.3, -0.25) is 4.79 Å².